The van der Waals surface area contributed by atoms with E-state index in [1.807, 2.05) is 66.9 Å². The van der Waals surface area contributed by atoms with Gasteiger partial charge in [-0.15, -0.1) is 21.5 Å². The Balaban J connectivity index is 1.25. The molecule has 0 aliphatic carbocycles. The molecule has 1 aliphatic heterocycles. The summed E-state index contributed by atoms with van der Waals surface area (Å²) in [4.78, 5) is 28.9. The second kappa shape index (κ2) is 12.7. The van der Waals surface area contributed by atoms with E-state index in [2.05, 4.69) is 16.3 Å². The molecule has 216 valence electrons. The van der Waals surface area contributed by atoms with Crippen molar-refractivity contribution >= 4 is 68.6 Å². The van der Waals surface area contributed by atoms with Gasteiger partial charge < -0.3 is 9.84 Å². The van der Waals surface area contributed by atoms with Gasteiger partial charge in [0.25, 0.3) is 5.78 Å². The van der Waals surface area contributed by atoms with Gasteiger partial charge in [0.15, 0.2) is 4.34 Å². The van der Waals surface area contributed by atoms with Gasteiger partial charge in [0, 0.05) is 21.2 Å². The maximum absolute atomic E-state index is 13.4. The lowest BCUT2D eigenvalue weighted by atomic mass is 10.00. The summed E-state index contributed by atoms with van der Waals surface area (Å²) in [5.74, 6) is -0.536. The summed E-state index contributed by atoms with van der Waals surface area (Å²) in [7, 11) is 0. The predicted molar refractivity (Wildman–Crippen MR) is 172 cm³/mol. The minimum atomic E-state index is -0.834. The van der Waals surface area contributed by atoms with Crippen molar-refractivity contribution < 1.29 is 19.4 Å². The molecule has 3 aromatic carbocycles. The van der Waals surface area contributed by atoms with Gasteiger partial charge in [-0.25, -0.2) is 0 Å². The maximum atomic E-state index is 13.4. The monoisotopic (exact) mass is 645 g/mol. The number of halogens is 1. The highest BCUT2D eigenvalue weighted by atomic mass is 35.5. The molecule has 43 heavy (non-hydrogen) atoms. The van der Waals surface area contributed by atoms with Crippen LogP contribution in [0.25, 0.3) is 5.76 Å². The van der Waals surface area contributed by atoms with Crippen LogP contribution in [0, 0.1) is 6.92 Å². The van der Waals surface area contributed by atoms with Crippen LogP contribution < -0.4 is 9.64 Å². The van der Waals surface area contributed by atoms with E-state index in [1.54, 1.807) is 24.3 Å². The SMILES string of the molecule is Cc1cccc(COc2ccc(/C(O)=C3\C(=O)C(=O)N(c4nnc(SCc5ccc(Cl)cc5)s4)C3c3cccs3)cc2)c1. The van der Waals surface area contributed by atoms with Crippen LogP contribution in [0.1, 0.15) is 33.2 Å². The summed E-state index contributed by atoms with van der Waals surface area (Å²) in [6.45, 7) is 2.43. The summed E-state index contributed by atoms with van der Waals surface area (Å²) < 4.78 is 6.56. The zero-order valence-electron chi connectivity index (χ0n) is 22.8. The fourth-order valence-corrected chi connectivity index (χ4v) is 7.44. The number of carbonyl (C=O) groups excluding carboxylic acids is 2. The van der Waals surface area contributed by atoms with Crippen molar-refractivity contribution in [3.63, 3.8) is 0 Å². The number of benzene rings is 3. The molecular formula is C32H24ClN3O4S3. The number of hydrogen-bond acceptors (Lipinski definition) is 9. The van der Waals surface area contributed by atoms with Gasteiger partial charge in [0.2, 0.25) is 5.13 Å². The van der Waals surface area contributed by atoms with E-state index < -0.39 is 17.7 Å². The fourth-order valence-electron chi connectivity index (χ4n) is 4.66. The number of Topliss-reactive ketones (excluding diaryl/α,β-unsaturated/α-hetero) is 1. The highest BCUT2D eigenvalue weighted by Gasteiger charge is 2.48. The highest BCUT2D eigenvalue weighted by molar-refractivity contribution is 8.00. The third kappa shape index (κ3) is 6.37. The van der Waals surface area contributed by atoms with Gasteiger partial charge in [-0.05, 0) is 65.9 Å². The Morgan fingerprint density at radius 2 is 1.79 bits per heavy atom. The molecule has 0 spiro atoms. The first-order valence-electron chi connectivity index (χ1n) is 13.2. The zero-order valence-corrected chi connectivity index (χ0v) is 26.0. The number of carbonyl (C=O) groups is 2. The molecule has 1 aliphatic rings. The Labute approximate surface area is 265 Å². The number of anilines is 1. The smallest absolute Gasteiger partial charge is 0.301 e. The van der Waals surface area contributed by atoms with Gasteiger partial charge in [-0.1, -0.05) is 82.7 Å². The number of nitrogens with zero attached hydrogens (tertiary/aromatic N) is 3. The lowest BCUT2D eigenvalue weighted by molar-refractivity contribution is -0.132. The molecule has 6 rings (SSSR count). The average molecular weight is 646 g/mol. The van der Waals surface area contributed by atoms with E-state index in [4.69, 9.17) is 16.3 Å². The van der Waals surface area contributed by atoms with Crippen molar-refractivity contribution in [2.75, 3.05) is 4.90 Å². The molecule has 1 amide bonds. The van der Waals surface area contributed by atoms with E-state index in [1.165, 1.54) is 39.3 Å². The van der Waals surface area contributed by atoms with Crippen LogP contribution >= 0.6 is 46.0 Å². The van der Waals surface area contributed by atoms with Gasteiger partial charge in [0.05, 0.1) is 5.57 Å². The lowest BCUT2D eigenvalue weighted by Gasteiger charge is -2.20. The van der Waals surface area contributed by atoms with E-state index in [0.717, 1.165) is 21.6 Å². The summed E-state index contributed by atoms with van der Waals surface area (Å²) in [6.07, 6.45) is 0. The molecule has 1 unspecified atom stereocenters. The molecule has 1 saturated heterocycles. The van der Waals surface area contributed by atoms with Gasteiger partial charge in [0.1, 0.15) is 24.2 Å². The molecule has 0 saturated carbocycles. The number of aryl methyl sites for hydroxylation is 1. The Kier molecular flexibility index (Phi) is 8.62. The number of aromatic nitrogens is 2. The number of thiophene rings is 1. The molecule has 2 aromatic heterocycles. The van der Waals surface area contributed by atoms with Crippen LogP contribution in [0.2, 0.25) is 5.02 Å². The van der Waals surface area contributed by atoms with Crippen molar-refractivity contribution in [2.24, 2.45) is 0 Å². The fraction of sp³-hybridized carbons (Fsp3) is 0.125. The van der Waals surface area contributed by atoms with Gasteiger partial charge >= 0.3 is 5.91 Å². The molecule has 0 radical (unpaired) electrons. The second-order valence-electron chi connectivity index (χ2n) is 9.75. The first-order chi connectivity index (χ1) is 20.9. The van der Waals surface area contributed by atoms with Gasteiger partial charge in [-0.2, -0.15) is 0 Å². The minimum absolute atomic E-state index is 0.00597. The Morgan fingerprint density at radius 1 is 1.00 bits per heavy atom. The minimum Gasteiger partial charge on any atom is -0.507 e. The summed E-state index contributed by atoms with van der Waals surface area (Å²) >= 11 is 10.1. The number of ketones is 1. The molecule has 5 aromatic rings. The number of ether oxygens (including phenoxy) is 1. The van der Waals surface area contributed by atoms with Crippen molar-refractivity contribution in [2.45, 2.75) is 29.7 Å². The van der Waals surface area contributed by atoms with E-state index in [9.17, 15) is 14.7 Å². The van der Waals surface area contributed by atoms with Crippen LogP contribution in [-0.4, -0.2) is 27.0 Å². The van der Waals surface area contributed by atoms with E-state index in [0.29, 0.717) is 33.0 Å². The van der Waals surface area contributed by atoms with Crippen LogP contribution in [0.5, 0.6) is 5.75 Å². The van der Waals surface area contributed by atoms with Crippen molar-refractivity contribution in [1.82, 2.24) is 10.2 Å². The number of thioether (sulfide) groups is 1. The molecule has 1 N–H and O–H groups in total. The summed E-state index contributed by atoms with van der Waals surface area (Å²) in [6, 6.07) is 25.3. The van der Waals surface area contributed by atoms with Crippen molar-refractivity contribution in [3.05, 3.63) is 128 Å². The summed E-state index contributed by atoms with van der Waals surface area (Å²) in [5.41, 5.74) is 3.67. The first kappa shape index (κ1) is 29.1. The number of aliphatic hydroxyl groups excluding tert-OH is 1. The van der Waals surface area contributed by atoms with Crippen LogP contribution in [0.15, 0.2) is 100 Å². The number of rotatable bonds is 9. The highest BCUT2D eigenvalue weighted by Crippen LogP contribution is 2.45. The van der Waals surface area contributed by atoms with E-state index in [-0.39, 0.29) is 16.5 Å². The first-order valence-corrected chi connectivity index (χ1v) is 16.3. The van der Waals surface area contributed by atoms with Crippen molar-refractivity contribution in [3.8, 4) is 5.75 Å². The van der Waals surface area contributed by atoms with Crippen LogP contribution in [0.3, 0.4) is 0 Å². The second-order valence-corrected chi connectivity index (χ2v) is 13.3. The zero-order chi connectivity index (χ0) is 29.9. The average Bonchev–Trinajstić information content (AvgIpc) is 3.77. The lowest BCUT2D eigenvalue weighted by Crippen LogP contribution is -2.29. The molecule has 7 nitrogen and oxygen atoms in total. The van der Waals surface area contributed by atoms with Crippen LogP contribution in [-0.2, 0) is 21.9 Å². The Hall–Kier alpha value is -3.96. The third-order valence-electron chi connectivity index (χ3n) is 6.75. The molecule has 0 bridgehead atoms. The molecular weight excluding hydrogens is 622 g/mol. The normalized spacial score (nSPS) is 16.1. The molecule has 3 heterocycles. The predicted octanol–water partition coefficient (Wildman–Crippen LogP) is 8.06. The molecule has 11 heteroatoms. The third-order valence-corrected chi connectivity index (χ3v) is 10.1. The topological polar surface area (TPSA) is 92.6 Å². The number of hydrogen-bond donors (Lipinski definition) is 1. The quantitative estimate of drug-likeness (QED) is 0.0570. The Morgan fingerprint density at radius 3 is 2.51 bits per heavy atom. The number of amides is 1. The molecule has 1 fully saturated rings. The largest absolute Gasteiger partial charge is 0.507 e. The standard InChI is InChI=1S/C32H24ClN3O4S3/c1-19-4-2-5-21(16-19)17-40-24-13-9-22(10-14-24)28(37)26-27(25-6-3-15-41-25)36(30(39)29(26)38)31-34-35-32(43-31)42-18-20-7-11-23(33)12-8-20/h2-16,27,37H,17-18H2,1H3/b28-26+. The van der Waals surface area contributed by atoms with Crippen LogP contribution in [0.4, 0.5) is 5.13 Å². The molecule has 1 atom stereocenters. The van der Waals surface area contributed by atoms with Crippen molar-refractivity contribution in [1.29, 1.82) is 0 Å². The van der Waals surface area contributed by atoms with Gasteiger partial charge in [-0.3, -0.25) is 14.5 Å². The Bertz CT molecular complexity index is 1800. The summed E-state index contributed by atoms with van der Waals surface area (Å²) in [5, 5.41) is 22.7. The number of aliphatic hydroxyl groups is 1. The maximum Gasteiger partial charge on any atom is 0.301 e. The van der Waals surface area contributed by atoms with E-state index >= 15 is 0 Å².